The molecule has 4 nitrogen and oxygen atoms in total. The van der Waals surface area contributed by atoms with Crippen LogP contribution in [0.15, 0.2) is 35.9 Å². The van der Waals surface area contributed by atoms with Gasteiger partial charge in [-0.3, -0.25) is 4.79 Å². The molecule has 0 heterocycles. The van der Waals surface area contributed by atoms with Crippen molar-refractivity contribution >= 4 is 5.78 Å². The molecule has 0 bridgehead atoms. The van der Waals surface area contributed by atoms with E-state index in [4.69, 9.17) is 4.74 Å². The summed E-state index contributed by atoms with van der Waals surface area (Å²) < 4.78 is 6.06. The standard InChI is InChI=1S/C29H40O4/c1-19(30)27(3)13-12-25-23-10-7-21-17-29(32,33-18-20-5-8-22(31)9-6-20)16-15-26(21,2)24(23)11-14-28(25,27)4/h5-9,23-25,31-32H,10-18H2,1-4H3/t23-,24+,25+,26+,27-,28+,29?/m1/s1. The van der Waals surface area contributed by atoms with Crippen molar-refractivity contribution in [2.45, 2.75) is 91.5 Å². The van der Waals surface area contributed by atoms with Gasteiger partial charge in [0.15, 0.2) is 5.79 Å². The molecule has 0 radical (unpaired) electrons. The average Bonchev–Trinajstić information content (AvgIpc) is 3.06. The zero-order valence-corrected chi connectivity index (χ0v) is 20.7. The second kappa shape index (κ2) is 7.68. The number of carbonyl (C=O) groups is 1. The molecule has 0 aliphatic heterocycles. The Morgan fingerprint density at radius 2 is 1.73 bits per heavy atom. The fraction of sp³-hybridized carbons (Fsp3) is 0.690. The van der Waals surface area contributed by atoms with Crippen molar-refractivity contribution in [3.63, 3.8) is 0 Å². The van der Waals surface area contributed by atoms with E-state index >= 15 is 0 Å². The molecule has 5 rings (SSSR count). The summed E-state index contributed by atoms with van der Waals surface area (Å²) in [6, 6.07) is 6.99. The number of phenols is 1. The maximum Gasteiger partial charge on any atom is 0.169 e. The molecule has 0 saturated heterocycles. The first-order valence-electron chi connectivity index (χ1n) is 12.9. The second-order valence-electron chi connectivity index (χ2n) is 12.2. The lowest BCUT2D eigenvalue weighted by atomic mass is 9.45. The highest BCUT2D eigenvalue weighted by Gasteiger charge is 2.64. The quantitative estimate of drug-likeness (QED) is 0.424. The number of allylic oxidation sites excluding steroid dienone is 1. The van der Waals surface area contributed by atoms with Gasteiger partial charge < -0.3 is 14.9 Å². The number of ketones is 1. The Kier molecular flexibility index (Phi) is 5.38. The summed E-state index contributed by atoms with van der Waals surface area (Å²) in [4.78, 5) is 12.7. The third-order valence-electron chi connectivity index (χ3n) is 11.0. The van der Waals surface area contributed by atoms with Crippen molar-refractivity contribution in [3.05, 3.63) is 41.5 Å². The van der Waals surface area contributed by atoms with Gasteiger partial charge in [-0.05, 0) is 91.7 Å². The van der Waals surface area contributed by atoms with Gasteiger partial charge in [-0.15, -0.1) is 0 Å². The highest BCUT2D eigenvalue weighted by Crippen LogP contribution is 2.70. The molecule has 180 valence electrons. The average molecular weight is 453 g/mol. The van der Waals surface area contributed by atoms with Crippen molar-refractivity contribution < 1.29 is 19.7 Å². The number of aromatic hydroxyl groups is 1. The SMILES string of the molecule is CC(=O)[C@@]1(C)CC[C@H]2[C@@H]3CC=C4CC(O)(OCc5ccc(O)cc5)CC[C@]4(C)[C@H]3CC[C@@]21C. The normalized spacial score (nSPS) is 44.4. The largest absolute Gasteiger partial charge is 0.508 e. The summed E-state index contributed by atoms with van der Waals surface area (Å²) in [6.07, 6.45) is 10.2. The number of fused-ring (bicyclic) bond motifs is 5. The van der Waals surface area contributed by atoms with Crippen LogP contribution in [-0.2, 0) is 16.1 Å². The number of ether oxygens (including phenoxy) is 1. The summed E-state index contributed by atoms with van der Waals surface area (Å²) >= 11 is 0. The summed E-state index contributed by atoms with van der Waals surface area (Å²) in [7, 11) is 0. The van der Waals surface area contributed by atoms with Crippen molar-refractivity contribution in [2.24, 2.45) is 34.0 Å². The summed E-state index contributed by atoms with van der Waals surface area (Å²) in [5, 5.41) is 20.8. The smallest absolute Gasteiger partial charge is 0.169 e. The Morgan fingerprint density at radius 1 is 1.03 bits per heavy atom. The van der Waals surface area contributed by atoms with Crippen molar-refractivity contribution in [3.8, 4) is 5.75 Å². The van der Waals surface area contributed by atoms with Crippen LogP contribution in [0.3, 0.4) is 0 Å². The molecule has 33 heavy (non-hydrogen) atoms. The summed E-state index contributed by atoms with van der Waals surface area (Å²) in [6.45, 7) is 9.21. The van der Waals surface area contributed by atoms with Gasteiger partial charge in [0.25, 0.3) is 0 Å². The molecule has 4 aliphatic carbocycles. The van der Waals surface area contributed by atoms with E-state index in [1.54, 1.807) is 19.1 Å². The zero-order valence-electron chi connectivity index (χ0n) is 20.7. The number of rotatable bonds is 4. The highest BCUT2D eigenvalue weighted by atomic mass is 16.6. The Balaban J connectivity index is 1.34. The fourth-order valence-corrected chi connectivity index (χ4v) is 8.40. The minimum atomic E-state index is -1.13. The minimum absolute atomic E-state index is 0.115. The van der Waals surface area contributed by atoms with E-state index in [1.165, 1.54) is 18.4 Å². The maximum absolute atomic E-state index is 12.7. The van der Waals surface area contributed by atoms with E-state index in [0.717, 1.165) is 31.2 Å². The monoisotopic (exact) mass is 452 g/mol. The third-order valence-corrected chi connectivity index (χ3v) is 11.0. The van der Waals surface area contributed by atoms with Crippen molar-refractivity contribution in [1.29, 1.82) is 0 Å². The molecule has 0 spiro atoms. The van der Waals surface area contributed by atoms with Crippen LogP contribution in [0.2, 0.25) is 0 Å². The van der Waals surface area contributed by atoms with E-state index in [-0.39, 0.29) is 22.0 Å². The molecule has 1 aromatic rings. The Bertz CT molecular complexity index is 966. The van der Waals surface area contributed by atoms with Crippen LogP contribution in [0.4, 0.5) is 0 Å². The van der Waals surface area contributed by atoms with Crippen molar-refractivity contribution in [2.75, 3.05) is 0 Å². The lowest BCUT2D eigenvalue weighted by Crippen LogP contribution is -2.54. The van der Waals surface area contributed by atoms with Gasteiger partial charge in [0, 0.05) is 18.3 Å². The van der Waals surface area contributed by atoms with Gasteiger partial charge in [-0.1, -0.05) is 44.6 Å². The summed E-state index contributed by atoms with van der Waals surface area (Å²) in [5.74, 6) is 1.38. The predicted octanol–water partition coefficient (Wildman–Crippen LogP) is 6.16. The summed E-state index contributed by atoms with van der Waals surface area (Å²) in [5.41, 5.74) is 2.38. The minimum Gasteiger partial charge on any atom is -0.508 e. The number of carbonyl (C=O) groups excluding carboxylic acids is 1. The Morgan fingerprint density at radius 3 is 2.42 bits per heavy atom. The molecule has 1 aromatic carbocycles. The van der Waals surface area contributed by atoms with E-state index in [1.807, 2.05) is 12.1 Å². The van der Waals surface area contributed by atoms with Gasteiger partial charge in [-0.2, -0.15) is 0 Å². The first-order valence-corrected chi connectivity index (χ1v) is 12.9. The molecular weight excluding hydrogens is 412 g/mol. The van der Waals surface area contributed by atoms with E-state index in [9.17, 15) is 15.0 Å². The third kappa shape index (κ3) is 3.43. The molecule has 1 unspecified atom stereocenters. The van der Waals surface area contributed by atoms with Crippen molar-refractivity contribution in [1.82, 2.24) is 0 Å². The first kappa shape index (κ1) is 23.1. The number of hydrogen-bond donors (Lipinski definition) is 2. The van der Waals surface area contributed by atoms with Crippen LogP contribution in [0, 0.1) is 34.0 Å². The molecule has 0 amide bonds. The molecule has 3 saturated carbocycles. The van der Waals surface area contributed by atoms with E-state index in [2.05, 4.69) is 26.8 Å². The van der Waals surface area contributed by atoms with Crippen LogP contribution in [0.1, 0.15) is 84.6 Å². The maximum atomic E-state index is 12.7. The second-order valence-corrected chi connectivity index (χ2v) is 12.2. The van der Waals surface area contributed by atoms with Crippen LogP contribution in [-0.4, -0.2) is 21.8 Å². The molecule has 0 aromatic heterocycles. The Hall–Kier alpha value is -1.65. The number of benzene rings is 1. The van der Waals surface area contributed by atoms with Gasteiger partial charge in [-0.25, -0.2) is 0 Å². The molecule has 2 N–H and O–H groups in total. The van der Waals surface area contributed by atoms with Crippen LogP contribution in [0.5, 0.6) is 5.75 Å². The molecule has 4 aliphatic rings. The molecular formula is C29H40O4. The molecule has 7 atom stereocenters. The van der Waals surface area contributed by atoms with Crippen LogP contribution in [0.25, 0.3) is 0 Å². The number of hydrogen-bond acceptors (Lipinski definition) is 4. The molecule has 3 fully saturated rings. The van der Waals surface area contributed by atoms with E-state index < -0.39 is 5.79 Å². The van der Waals surface area contributed by atoms with E-state index in [0.29, 0.717) is 43.0 Å². The van der Waals surface area contributed by atoms with Gasteiger partial charge in [0.05, 0.1) is 6.61 Å². The fourth-order valence-electron chi connectivity index (χ4n) is 8.40. The predicted molar refractivity (Wildman–Crippen MR) is 128 cm³/mol. The van der Waals surface area contributed by atoms with Gasteiger partial charge in [0.2, 0.25) is 0 Å². The number of Topliss-reactive ketones (excluding diaryl/α,β-unsaturated/α-hetero) is 1. The lowest BCUT2D eigenvalue weighted by Gasteiger charge is -2.60. The first-order chi connectivity index (χ1) is 15.5. The number of phenolic OH excluding ortho intramolecular Hbond substituents is 1. The van der Waals surface area contributed by atoms with Crippen LogP contribution >= 0.6 is 0 Å². The lowest BCUT2D eigenvalue weighted by molar-refractivity contribution is -0.231. The number of aliphatic hydroxyl groups is 1. The Labute approximate surface area is 198 Å². The van der Waals surface area contributed by atoms with Gasteiger partial charge in [0.1, 0.15) is 11.5 Å². The highest BCUT2D eigenvalue weighted by molar-refractivity contribution is 5.83. The molecule has 4 heteroatoms. The zero-order chi connectivity index (χ0) is 23.6. The topological polar surface area (TPSA) is 66.8 Å². The van der Waals surface area contributed by atoms with Crippen LogP contribution < -0.4 is 0 Å². The van der Waals surface area contributed by atoms with Gasteiger partial charge >= 0.3 is 0 Å².